The first-order valence-electron chi connectivity index (χ1n) is 7.40. The number of rotatable bonds is 1. The fraction of sp³-hybridized carbons (Fsp3) is 0.857. The van der Waals surface area contributed by atoms with Crippen molar-refractivity contribution in [2.75, 3.05) is 0 Å². The minimum atomic E-state index is -0.229. The van der Waals surface area contributed by atoms with Gasteiger partial charge in [0, 0.05) is 13.0 Å². The molecular formula is C14H24N4. The van der Waals surface area contributed by atoms with Gasteiger partial charge in [0.25, 0.3) is 0 Å². The van der Waals surface area contributed by atoms with Crippen molar-refractivity contribution in [1.29, 1.82) is 0 Å². The summed E-state index contributed by atoms with van der Waals surface area (Å²) < 4.78 is 2.32. The van der Waals surface area contributed by atoms with Crippen molar-refractivity contribution in [1.82, 2.24) is 14.8 Å². The number of aromatic nitrogens is 3. The average molecular weight is 248 g/mol. The van der Waals surface area contributed by atoms with E-state index in [0.29, 0.717) is 5.92 Å². The average Bonchev–Trinajstić information content (AvgIpc) is 2.60. The van der Waals surface area contributed by atoms with E-state index in [1.54, 1.807) is 0 Å². The summed E-state index contributed by atoms with van der Waals surface area (Å²) in [5.74, 6) is 2.93. The zero-order valence-electron chi connectivity index (χ0n) is 11.4. The Morgan fingerprint density at radius 3 is 2.94 bits per heavy atom. The third-order valence-corrected chi connectivity index (χ3v) is 4.59. The Morgan fingerprint density at radius 1 is 1.22 bits per heavy atom. The summed E-state index contributed by atoms with van der Waals surface area (Å²) in [4.78, 5) is 0. The molecule has 1 aromatic heterocycles. The number of aryl methyl sites for hydroxylation is 1. The lowest BCUT2D eigenvalue weighted by atomic mass is 9.76. The quantitative estimate of drug-likeness (QED) is 0.830. The molecule has 0 aromatic carbocycles. The summed E-state index contributed by atoms with van der Waals surface area (Å²) >= 11 is 0. The minimum absolute atomic E-state index is 0.229. The second-order valence-corrected chi connectivity index (χ2v) is 6.26. The lowest BCUT2D eigenvalue weighted by molar-refractivity contribution is 0.221. The highest BCUT2D eigenvalue weighted by Gasteiger charge is 2.37. The van der Waals surface area contributed by atoms with Gasteiger partial charge < -0.3 is 10.3 Å². The van der Waals surface area contributed by atoms with Crippen LogP contribution in [0.1, 0.15) is 63.5 Å². The molecular weight excluding hydrogens is 224 g/mol. The summed E-state index contributed by atoms with van der Waals surface area (Å²) in [6.07, 6.45) is 9.51. The minimum Gasteiger partial charge on any atom is -0.319 e. The second-order valence-electron chi connectivity index (χ2n) is 6.26. The van der Waals surface area contributed by atoms with Crippen LogP contribution in [0.4, 0.5) is 0 Å². The van der Waals surface area contributed by atoms with Crippen molar-refractivity contribution in [2.45, 2.75) is 70.4 Å². The van der Waals surface area contributed by atoms with Gasteiger partial charge in [-0.25, -0.2) is 0 Å². The molecule has 18 heavy (non-hydrogen) atoms. The number of fused-ring (bicyclic) bond motifs is 1. The lowest BCUT2D eigenvalue weighted by Gasteiger charge is -2.36. The van der Waals surface area contributed by atoms with Gasteiger partial charge in [-0.3, -0.25) is 0 Å². The van der Waals surface area contributed by atoms with E-state index in [-0.39, 0.29) is 5.54 Å². The molecule has 1 aromatic rings. The second kappa shape index (κ2) is 4.65. The van der Waals surface area contributed by atoms with Gasteiger partial charge in [0.2, 0.25) is 0 Å². The third kappa shape index (κ3) is 2.07. The van der Waals surface area contributed by atoms with Gasteiger partial charge in [-0.2, -0.15) is 0 Å². The molecule has 0 saturated heterocycles. The van der Waals surface area contributed by atoms with E-state index in [1.807, 2.05) is 0 Å². The van der Waals surface area contributed by atoms with Crippen LogP contribution in [0, 0.1) is 5.92 Å². The number of hydrogen-bond donors (Lipinski definition) is 1. The van der Waals surface area contributed by atoms with Crippen molar-refractivity contribution in [3.05, 3.63) is 11.6 Å². The fourth-order valence-corrected chi connectivity index (χ4v) is 3.65. The van der Waals surface area contributed by atoms with Gasteiger partial charge in [0.1, 0.15) is 5.82 Å². The highest BCUT2D eigenvalue weighted by Crippen LogP contribution is 2.37. The Morgan fingerprint density at radius 2 is 2.11 bits per heavy atom. The summed E-state index contributed by atoms with van der Waals surface area (Å²) in [5, 5.41) is 8.85. The van der Waals surface area contributed by atoms with Crippen LogP contribution < -0.4 is 5.73 Å². The van der Waals surface area contributed by atoms with Crippen molar-refractivity contribution in [2.24, 2.45) is 11.7 Å². The molecule has 2 atom stereocenters. The van der Waals surface area contributed by atoms with Gasteiger partial charge in [-0.05, 0) is 31.6 Å². The molecule has 0 bridgehead atoms. The van der Waals surface area contributed by atoms with E-state index >= 15 is 0 Å². The summed E-state index contributed by atoms with van der Waals surface area (Å²) in [5.41, 5.74) is 6.44. The largest absolute Gasteiger partial charge is 0.319 e. The van der Waals surface area contributed by atoms with Gasteiger partial charge in [0.15, 0.2) is 5.82 Å². The zero-order chi connectivity index (χ0) is 12.6. The van der Waals surface area contributed by atoms with Crippen molar-refractivity contribution in [3.63, 3.8) is 0 Å². The van der Waals surface area contributed by atoms with Crippen LogP contribution >= 0.6 is 0 Å². The van der Waals surface area contributed by atoms with E-state index < -0.39 is 0 Å². The first-order chi connectivity index (χ1) is 8.69. The lowest BCUT2D eigenvalue weighted by Crippen LogP contribution is -2.43. The molecule has 3 rings (SSSR count). The molecule has 2 heterocycles. The van der Waals surface area contributed by atoms with Crippen LogP contribution in [0.5, 0.6) is 0 Å². The van der Waals surface area contributed by atoms with Gasteiger partial charge >= 0.3 is 0 Å². The Hall–Kier alpha value is -0.900. The molecule has 2 N–H and O–H groups in total. The maximum Gasteiger partial charge on any atom is 0.153 e. The van der Waals surface area contributed by atoms with Gasteiger partial charge in [0.05, 0.1) is 5.54 Å². The molecule has 4 nitrogen and oxygen atoms in total. The molecule has 4 heteroatoms. The molecule has 0 radical (unpaired) electrons. The Labute approximate surface area is 109 Å². The van der Waals surface area contributed by atoms with Crippen LogP contribution in [0.3, 0.4) is 0 Å². The summed E-state index contributed by atoms with van der Waals surface area (Å²) in [6.45, 7) is 3.37. The maximum absolute atomic E-state index is 6.67. The van der Waals surface area contributed by atoms with Crippen LogP contribution in [0.2, 0.25) is 0 Å². The molecule has 1 fully saturated rings. The first kappa shape index (κ1) is 12.2. The molecule has 1 aliphatic carbocycles. The SMILES string of the molecule is CC1CCCC(N)(c2nnc3n2CCCCC3)C1. The van der Waals surface area contributed by atoms with Crippen LogP contribution in [-0.2, 0) is 18.5 Å². The highest BCUT2D eigenvalue weighted by molar-refractivity contribution is 5.11. The fourth-order valence-electron chi connectivity index (χ4n) is 3.65. The maximum atomic E-state index is 6.67. The number of hydrogen-bond acceptors (Lipinski definition) is 3. The van der Waals surface area contributed by atoms with E-state index in [0.717, 1.165) is 37.5 Å². The molecule has 100 valence electrons. The highest BCUT2D eigenvalue weighted by atomic mass is 15.3. The molecule has 1 aliphatic heterocycles. The van der Waals surface area contributed by atoms with Gasteiger partial charge in [-0.15, -0.1) is 10.2 Å². The predicted molar refractivity (Wildman–Crippen MR) is 71.1 cm³/mol. The number of nitrogens with zero attached hydrogens (tertiary/aromatic N) is 3. The van der Waals surface area contributed by atoms with Crippen molar-refractivity contribution in [3.8, 4) is 0 Å². The topological polar surface area (TPSA) is 56.7 Å². The van der Waals surface area contributed by atoms with Gasteiger partial charge in [-0.1, -0.05) is 26.2 Å². The molecule has 1 saturated carbocycles. The summed E-state index contributed by atoms with van der Waals surface area (Å²) in [6, 6.07) is 0. The third-order valence-electron chi connectivity index (χ3n) is 4.59. The summed E-state index contributed by atoms with van der Waals surface area (Å²) in [7, 11) is 0. The molecule has 2 unspecified atom stereocenters. The Bertz CT molecular complexity index is 425. The van der Waals surface area contributed by atoms with E-state index in [2.05, 4.69) is 21.7 Å². The first-order valence-corrected chi connectivity index (χ1v) is 7.40. The molecule has 2 aliphatic rings. The van der Waals surface area contributed by atoms with E-state index in [1.165, 1.54) is 32.1 Å². The van der Waals surface area contributed by atoms with Crippen molar-refractivity contribution >= 4 is 0 Å². The monoisotopic (exact) mass is 248 g/mol. The smallest absolute Gasteiger partial charge is 0.153 e. The van der Waals surface area contributed by atoms with Crippen LogP contribution in [0.15, 0.2) is 0 Å². The molecule has 0 amide bonds. The van der Waals surface area contributed by atoms with E-state index in [4.69, 9.17) is 5.73 Å². The normalized spacial score (nSPS) is 32.9. The molecule has 0 spiro atoms. The van der Waals surface area contributed by atoms with E-state index in [9.17, 15) is 0 Å². The van der Waals surface area contributed by atoms with Crippen molar-refractivity contribution < 1.29 is 0 Å². The predicted octanol–water partition coefficient (Wildman–Crippen LogP) is 2.37. The Balaban J connectivity index is 1.93. The van der Waals surface area contributed by atoms with Crippen LogP contribution in [-0.4, -0.2) is 14.8 Å². The van der Waals surface area contributed by atoms with Crippen LogP contribution in [0.25, 0.3) is 0 Å². The zero-order valence-corrected chi connectivity index (χ0v) is 11.4. The Kier molecular flexibility index (Phi) is 3.14. The standard InChI is InChI=1S/C14H24N4/c1-11-6-5-8-14(15,10-11)13-17-16-12-7-3-2-4-9-18(12)13/h11H,2-10,15H2,1H3. The number of nitrogens with two attached hydrogens (primary N) is 1.